The van der Waals surface area contributed by atoms with Gasteiger partial charge in [-0.05, 0) is 31.1 Å². The molecule has 2 saturated heterocycles. The number of likely N-dealkylation sites (tertiary alicyclic amines) is 1. The normalized spacial score (nSPS) is 39.6. The number of carbonyl (C=O) groups is 2. The van der Waals surface area contributed by atoms with Crippen LogP contribution in [0.15, 0.2) is 0 Å². The maximum absolute atomic E-state index is 12.9. The number of amides is 2. The Morgan fingerprint density at radius 3 is 2.50 bits per heavy atom. The summed E-state index contributed by atoms with van der Waals surface area (Å²) in [6.45, 7) is 2.00. The van der Waals surface area contributed by atoms with Gasteiger partial charge in [-0.15, -0.1) is 0 Å². The minimum absolute atomic E-state index is 0.0293. The van der Waals surface area contributed by atoms with Crippen molar-refractivity contribution in [2.24, 2.45) is 23.5 Å². The molecule has 0 aromatic heterocycles. The summed E-state index contributed by atoms with van der Waals surface area (Å²) in [5.41, 5.74) is 5.92. The summed E-state index contributed by atoms with van der Waals surface area (Å²) in [5.74, 6) is 1.33. The van der Waals surface area contributed by atoms with E-state index in [0.29, 0.717) is 31.5 Å². The molecule has 6 nitrogen and oxygen atoms in total. The third-order valence-electron chi connectivity index (χ3n) is 6.39. The second kappa shape index (κ2) is 4.85. The van der Waals surface area contributed by atoms with Crippen LogP contribution in [-0.4, -0.2) is 60.1 Å². The summed E-state index contributed by atoms with van der Waals surface area (Å²) < 4.78 is 5.55. The number of carbonyl (C=O) groups excluding carboxylic acids is 2. The molecule has 4 aliphatic rings. The molecule has 22 heavy (non-hydrogen) atoms. The van der Waals surface area contributed by atoms with Crippen molar-refractivity contribution in [3.05, 3.63) is 0 Å². The van der Waals surface area contributed by atoms with Crippen molar-refractivity contribution in [2.45, 2.75) is 43.7 Å². The van der Waals surface area contributed by atoms with Gasteiger partial charge in [0.15, 0.2) is 0 Å². The molecule has 0 radical (unpaired) electrons. The molecule has 4 rings (SSSR count). The Bertz CT molecular complexity index is 499. The molecule has 2 saturated carbocycles. The van der Waals surface area contributed by atoms with Gasteiger partial charge in [-0.25, -0.2) is 4.79 Å². The Morgan fingerprint density at radius 1 is 1.27 bits per heavy atom. The van der Waals surface area contributed by atoms with Crippen LogP contribution in [0.4, 0.5) is 4.79 Å². The van der Waals surface area contributed by atoms with Gasteiger partial charge in [-0.3, -0.25) is 4.79 Å². The molecule has 122 valence electrons. The Kier molecular flexibility index (Phi) is 3.15. The number of hydrogen-bond acceptors (Lipinski definition) is 4. The fourth-order valence-corrected chi connectivity index (χ4v) is 5.10. The van der Waals surface area contributed by atoms with E-state index >= 15 is 0 Å². The molecular weight excluding hydrogens is 282 g/mol. The standard InChI is InChI=1S/C16H25N3O3/c1-18-9-16(22-15(18)21)4-6-19(7-5-16)14(20)12-10-2-3-11(8-10)13(12)17/h10-13H,2-9,17H2,1H3. The molecule has 2 aliphatic carbocycles. The first-order valence-corrected chi connectivity index (χ1v) is 8.48. The molecule has 2 N–H and O–H groups in total. The van der Waals surface area contributed by atoms with E-state index in [1.54, 1.807) is 11.9 Å². The topological polar surface area (TPSA) is 75.9 Å². The largest absolute Gasteiger partial charge is 0.441 e. The number of nitrogens with zero attached hydrogens (tertiary/aromatic N) is 2. The predicted molar refractivity (Wildman–Crippen MR) is 80.0 cm³/mol. The van der Waals surface area contributed by atoms with Gasteiger partial charge < -0.3 is 20.3 Å². The lowest BCUT2D eigenvalue weighted by Crippen LogP contribution is -2.53. The monoisotopic (exact) mass is 307 g/mol. The Labute approximate surface area is 130 Å². The first-order valence-electron chi connectivity index (χ1n) is 8.48. The van der Waals surface area contributed by atoms with Crippen molar-refractivity contribution >= 4 is 12.0 Å². The van der Waals surface area contributed by atoms with E-state index in [9.17, 15) is 9.59 Å². The fourth-order valence-electron chi connectivity index (χ4n) is 5.10. The van der Waals surface area contributed by atoms with Crippen LogP contribution in [0.3, 0.4) is 0 Å². The molecule has 6 heteroatoms. The Balaban J connectivity index is 1.40. The molecule has 0 aromatic carbocycles. The zero-order valence-corrected chi connectivity index (χ0v) is 13.2. The fraction of sp³-hybridized carbons (Fsp3) is 0.875. The van der Waals surface area contributed by atoms with E-state index in [4.69, 9.17) is 10.5 Å². The highest BCUT2D eigenvalue weighted by molar-refractivity contribution is 5.81. The van der Waals surface area contributed by atoms with Gasteiger partial charge in [0.25, 0.3) is 0 Å². The maximum Gasteiger partial charge on any atom is 0.410 e. The zero-order valence-electron chi connectivity index (χ0n) is 13.2. The van der Waals surface area contributed by atoms with Gasteiger partial charge in [0.05, 0.1) is 12.5 Å². The second-order valence-corrected chi connectivity index (χ2v) is 7.67. The first-order chi connectivity index (χ1) is 10.5. The van der Waals surface area contributed by atoms with Gasteiger partial charge in [0.2, 0.25) is 5.91 Å². The van der Waals surface area contributed by atoms with Crippen LogP contribution in [-0.2, 0) is 9.53 Å². The van der Waals surface area contributed by atoms with Crippen molar-refractivity contribution in [3.63, 3.8) is 0 Å². The zero-order chi connectivity index (χ0) is 15.5. The lowest BCUT2D eigenvalue weighted by Gasteiger charge is -2.40. The first kappa shape index (κ1) is 14.3. The molecule has 0 aromatic rings. The third kappa shape index (κ3) is 2.03. The Hall–Kier alpha value is -1.30. The number of nitrogens with two attached hydrogens (primary N) is 1. The highest BCUT2D eigenvalue weighted by atomic mass is 16.6. The van der Waals surface area contributed by atoms with E-state index in [-0.39, 0.29) is 29.6 Å². The van der Waals surface area contributed by atoms with Gasteiger partial charge in [-0.1, -0.05) is 0 Å². The molecule has 4 fully saturated rings. The summed E-state index contributed by atoms with van der Waals surface area (Å²) >= 11 is 0. The van der Waals surface area contributed by atoms with E-state index in [1.807, 2.05) is 4.90 Å². The minimum Gasteiger partial charge on any atom is -0.441 e. The molecule has 4 atom stereocenters. The predicted octanol–water partition coefficient (Wildman–Crippen LogP) is 0.803. The molecule has 2 bridgehead atoms. The molecular formula is C16H25N3O3. The SMILES string of the molecule is CN1CC2(CCN(C(=O)C3C4CCC(C4)C3N)CC2)OC1=O. The molecule has 2 aliphatic heterocycles. The van der Waals surface area contributed by atoms with Crippen LogP contribution < -0.4 is 5.73 Å². The van der Waals surface area contributed by atoms with Crippen molar-refractivity contribution in [2.75, 3.05) is 26.7 Å². The highest BCUT2D eigenvalue weighted by Crippen LogP contribution is 2.48. The summed E-state index contributed by atoms with van der Waals surface area (Å²) in [7, 11) is 1.77. The van der Waals surface area contributed by atoms with Crippen LogP contribution in [0.5, 0.6) is 0 Å². The summed E-state index contributed by atoms with van der Waals surface area (Å²) in [4.78, 5) is 28.1. The molecule has 2 heterocycles. The van der Waals surface area contributed by atoms with Crippen molar-refractivity contribution in [1.82, 2.24) is 9.80 Å². The van der Waals surface area contributed by atoms with Crippen LogP contribution >= 0.6 is 0 Å². The third-order valence-corrected chi connectivity index (χ3v) is 6.39. The quantitative estimate of drug-likeness (QED) is 0.777. The van der Waals surface area contributed by atoms with Gasteiger partial charge in [-0.2, -0.15) is 0 Å². The summed E-state index contributed by atoms with van der Waals surface area (Å²) in [5, 5.41) is 0. The minimum atomic E-state index is -0.376. The number of ether oxygens (including phenoxy) is 1. The summed E-state index contributed by atoms with van der Waals surface area (Å²) in [6, 6.07) is 0.0533. The molecule has 1 spiro atoms. The number of piperidine rings is 1. The van der Waals surface area contributed by atoms with Crippen LogP contribution in [0, 0.1) is 17.8 Å². The van der Waals surface area contributed by atoms with Gasteiger partial charge in [0.1, 0.15) is 5.60 Å². The number of likely N-dealkylation sites (N-methyl/N-ethyl adjacent to an activating group) is 1. The van der Waals surface area contributed by atoms with E-state index in [0.717, 1.165) is 25.7 Å². The average Bonchev–Trinajstić information content (AvgIpc) is 3.14. The average molecular weight is 307 g/mol. The van der Waals surface area contributed by atoms with E-state index < -0.39 is 0 Å². The van der Waals surface area contributed by atoms with Crippen molar-refractivity contribution in [3.8, 4) is 0 Å². The number of hydrogen-bond donors (Lipinski definition) is 1. The van der Waals surface area contributed by atoms with Gasteiger partial charge in [0, 0.05) is 39.0 Å². The van der Waals surface area contributed by atoms with E-state index in [2.05, 4.69) is 0 Å². The van der Waals surface area contributed by atoms with Crippen molar-refractivity contribution < 1.29 is 14.3 Å². The smallest absolute Gasteiger partial charge is 0.410 e. The number of fused-ring (bicyclic) bond motifs is 2. The van der Waals surface area contributed by atoms with Gasteiger partial charge >= 0.3 is 6.09 Å². The number of rotatable bonds is 1. The maximum atomic E-state index is 12.9. The highest BCUT2D eigenvalue weighted by Gasteiger charge is 2.52. The van der Waals surface area contributed by atoms with Crippen LogP contribution in [0.1, 0.15) is 32.1 Å². The van der Waals surface area contributed by atoms with Crippen LogP contribution in [0.2, 0.25) is 0 Å². The lowest BCUT2D eigenvalue weighted by atomic mass is 9.83. The van der Waals surface area contributed by atoms with Crippen LogP contribution in [0.25, 0.3) is 0 Å². The second-order valence-electron chi connectivity index (χ2n) is 7.67. The molecule has 2 amide bonds. The van der Waals surface area contributed by atoms with E-state index in [1.165, 1.54) is 6.42 Å². The molecule has 4 unspecified atom stereocenters. The lowest BCUT2D eigenvalue weighted by molar-refractivity contribution is -0.141. The Morgan fingerprint density at radius 2 is 1.95 bits per heavy atom. The summed E-state index contributed by atoms with van der Waals surface area (Å²) in [6.07, 6.45) is 4.73. The van der Waals surface area contributed by atoms with Crippen molar-refractivity contribution in [1.29, 1.82) is 0 Å².